The van der Waals surface area contributed by atoms with Gasteiger partial charge in [0.05, 0.1) is 32.9 Å². The van der Waals surface area contributed by atoms with Crippen LogP contribution in [0.15, 0.2) is 67.3 Å². The molecular weight excluding hydrogens is 444 g/mol. The van der Waals surface area contributed by atoms with Gasteiger partial charge in [-0.05, 0) is 47.9 Å². The van der Waals surface area contributed by atoms with Gasteiger partial charge in [0.25, 0.3) is 0 Å². The zero-order valence-corrected chi connectivity index (χ0v) is 20.2. The number of hydrogen-bond acceptors (Lipinski definition) is 7. The van der Waals surface area contributed by atoms with E-state index in [0.717, 1.165) is 29.8 Å². The Balaban J connectivity index is 1.44. The topological polar surface area (TPSA) is 85.8 Å². The van der Waals surface area contributed by atoms with Crippen molar-refractivity contribution < 1.29 is 19.0 Å². The molecule has 3 heterocycles. The van der Waals surface area contributed by atoms with Gasteiger partial charge in [-0.3, -0.25) is 19.7 Å². The first kappa shape index (κ1) is 24.5. The van der Waals surface area contributed by atoms with E-state index < -0.39 is 0 Å². The van der Waals surface area contributed by atoms with Crippen molar-refractivity contribution in [2.45, 2.75) is 19.5 Å². The minimum Gasteiger partial charge on any atom is -0.493 e. The highest BCUT2D eigenvalue weighted by molar-refractivity contribution is 5.79. The molecule has 0 spiro atoms. The van der Waals surface area contributed by atoms with Gasteiger partial charge in [0.1, 0.15) is 5.75 Å². The smallest absolute Gasteiger partial charge is 0.224 e. The Labute approximate surface area is 206 Å². The Kier molecular flexibility index (Phi) is 8.51. The number of carbonyl (C=O) groups is 1. The third-order valence-corrected chi connectivity index (χ3v) is 6.15. The maximum absolute atomic E-state index is 13.1. The number of amides is 1. The SMILES string of the molecule is COc1ccc(CN2C[C@@H](COc3cccnc3)C[C@@H](C(=O)NCc3cccnc3)C2)cc1OC. The van der Waals surface area contributed by atoms with Gasteiger partial charge >= 0.3 is 0 Å². The number of hydrogen-bond donors (Lipinski definition) is 1. The molecule has 1 amide bonds. The fourth-order valence-corrected chi connectivity index (χ4v) is 4.46. The lowest BCUT2D eigenvalue weighted by Gasteiger charge is -2.37. The maximum atomic E-state index is 13.1. The number of nitrogens with one attached hydrogen (secondary N) is 1. The maximum Gasteiger partial charge on any atom is 0.224 e. The van der Waals surface area contributed by atoms with Crippen LogP contribution in [0, 0.1) is 11.8 Å². The van der Waals surface area contributed by atoms with Crippen molar-refractivity contribution in [3.63, 3.8) is 0 Å². The fourth-order valence-electron chi connectivity index (χ4n) is 4.46. The first-order valence-corrected chi connectivity index (χ1v) is 11.8. The molecule has 0 unspecified atom stereocenters. The number of aromatic nitrogens is 2. The third-order valence-electron chi connectivity index (χ3n) is 6.15. The summed E-state index contributed by atoms with van der Waals surface area (Å²) in [5.74, 6) is 2.26. The van der Waals surface area contributed by atoms with Gasteiger partial charge < -0.3 is 19.5 Å². The molecule has 4 rings (SSSR count). The van der Waals surface area contributed by atoms with Crippen LogP contribution in [0.5, 0.6) is 17.2 Å². The van der Waals surface area contributed by atoms with E-state index in [1.165, 1.54) is 0 Å². The molecule has 1 aromatic carbocycles. The van der Waals surface area contributed by atoms with Crippen LogP contribution in [-0.2, 0) is 17.9 Å². The van der Waals surface area contributed by atoms with Gasteiger partial charge in [0.15, 0.2) is 11.5 Å². The van der Waals surface area contributed by atoms with Gasteiger partial charge in [-0.25, -0.2) is 0 Å². The monoisotopic (exact) mass is 476 g/mol. The van der Waals surface area contributed by atoms with Crippen LogP contribution >= 0.6 is 0 Å². The van der Waals surface area contributed by atoms with E-state index in [0.29, 0.717) is 37.7 Å². The van der Waals surface area contributed by atoms with Gasteiger partial charge in [0.2, 0.25) is 5.91 Å². The lowest BCUT2D eigenvalue weighted by molar-refractivity contribution is -0.128. The molecule has 8 heteroatoms. The Morgan fingerprint density at radius 3 is 2.51 bits per heavy atom. The minimum absolute atomic E-state index is 0.0530. The Morgan fingerprint density at radius 2 is 1.80 bits per heavy atom. The summed E-state index contributed by atoms with van der Waals surface area (Å²) in [6.45, 7) is 3.21. The molecular formula is C27H32N4O4. The minimum atomic E-state index is -0.136. The molecule has 1 aliphatic rings. The van der Waals surface area contributed by atoms with E-state index in [4.69, 9.17) is 14.2 Å². The summed E-state index contributed by atoms with van der Waals surface area (Å²) in [6.07, 6.45) is 7.70. The van der Waals surface area contributed by atoms with Crippen molar-refractivity contribution in [2.75, 3.05) is 33.9 Å². The average molecular weight is 477 g/mol. The number of ether oxygens (including phenoxy) is 3. The van der Waals surface area contributed by atoms with Crippen LogP contribution in [0.4, 0.5) is 0 Å². The highest BCUT2D eigenvalue weighted by atomic mass is 16.5. The first-order chi connectivity index (χ1) is 17.1. The Bertz CT molecular complexity index is 1080. The van der Waals surface area contributed by atoms with Crippen molar-refractivity contribution in [1.29, 1.82) is 0 Å². The van der Waals surface area contributed by atoms with Crippen molar-refractivity contribution in [1.82, 2.24) is 20.2 Å². The molecule has 1 saturated heterocycles. The summed E-state index contributed by atoms with van der Waals surface area (Å²) < 4.78 is 16.8. The lowest BCUT2D eigenvalue weighted by atomic mass is 9.88. The molecule has 1 N–H and O–H groups in total. The molecule has 2 aromatic heterocycles. The Morgan fingerprint density at radius 1 is 1.00 bits per heavy atom. The molecule has 1 aliphatic heterocycles. The highest BCUT2D eigenvalue weighted by Gasteiger charge is 2.32. The second-order valence-corrected chi connectivity index (χ2v) is 8.76. The Hall–Kier alpha value is -3.65. The van der Waals surface area contributed by atoms with Gasteiger partial charge in [0, 0.05) is 50.7 Å². The number of methoxy groups -OCH3 is 2. The largest absolute Gasteiger partial charge is 0.493 e. The summed E-state index contributed by atoms with van der Waals surface area (Å²) >= 11 is 0. The van der Waals surface area contributed by atoms with Crippen LogP contribution in [0.1, 0.15) is 17.5 Å². The molecule has 3 aromatic rings. The van der Waals surface area contributed by atoms with Crippen LogP contribution < -0.4 is 19.5 Å². The average Bonchev–Trinajstić information content (AvgIpc) is 2.91. The van der Waals surface area contributed by atoms with Crippen molar-refractivity contribution in [2.24, 2.45) is 11.8 Å². The summed E-state index contributed by atoms with van der Waals surface area (Å²) in [7, 11) is 3.26. The molecule has 0 bridgehead atoms. The van der Waals surface area contributed by atoms with Gasteiger partial charge in [-0.2, -0.15) is 0 Å². The number of rotatable bonds is 10. The van der Waals surface area contributed by atoms with Crippen LogP contribution in [0.2, 0.25) is 0 Å². The van der Waals surface area contributed by atoms with Gasteiger partial charge in [-0.1, -0.05) is 12.1 Å². The van der Waals surface area contributed by atoms with Crippen LogP contribution in [-0.4, -0.2) is 54.7 Å². The fraction of sp³-hybridized carbons (Fsp3) is 0.370. The van der Waals surface area contributed by atoms with Crippen molar-refractivity contribution >= 4 is 5.91 Å². The summed E-state index contributed by atoms with van der Waals surface area (Å²) in [5, 5.41) is 3.09. The molecule has 8 nitrogen and oxygen atoms in total. The molecule has 0 saturated carbocycles. The second-order valence-electron chi connectivity index (χ2n) is 8.76. The van der Waals surface area contributed by atoms with E-state index in [1.807, 2.05) is 42.5 Å². The normalized spacial score (nSPS) is 18.0. The molecule has 184 valence electrons. The number of piperidine rings is 1. The number of benzene rings is 1. The van der Waals surface area contributed by atoms with E-state index in [2.05, 4.69) is 20.2 Å². The summed E-state index contributed by atoms with van der Waals surface area (Å²) in [6, 6.07) is 13.5. The number of nitrogens with zero attached hydrogens (tertiary/aromatic N) is 3. The third kappa shape index (κ3) is 6.93. The van der Waals surface area contributed by atoms with Crippen LogP contribution in [0.25, 0.3) is 0 Å². The lowest BCUT2D eigenvalue weighted by Crippen LogP contribution is -2.47. The van der Waals surface area contributed by atoms with E-state index in [1.54, 1.807) is 39.0 Å². The quantitative estimate of drug-likeness (QED) is 0.480. The highest BCUT2D eigenvalue weighted by Crippen LogP contribution is 2.30. The second kappa shape index (κ2) is 12.2. The summed E-state index contributed by atoms with van der Waals surface area (Å²) in [4.78, 5) is 23.7. The van der Waals surface area contributed by atoms with E-state index in [9.17, 15) is 4.79 Å². The van der Waals surface area contributed by atoms with Gasteiger partial charge in [-0.15, -0.1) is 0 Å². The van der Waals surface area contributed by atoms with E-state index in [-0.39, 0.29) is 17.7 Å². The first-order valence-electron chi connectivity index (χ1n) is 11.8. The predicted octanol–water partition coefficient (Wildman–Crippen LogP) is 3.33. The molecule has 35 heavy (non-hydrogen) atoms. The zero-order valence-electron chi connectivity index (χ0n) is 20.2. The zero-order chi connectivity index (χ0) is 24.5. The molecule has 0 radical (unpaired) electrons. The standard InChI is InChI=1S/C27H32N4O4/c1-33-25-8-7-20(12-26(25)34-2)16-31-17-22(19-35-24-6-4-10-29-15-24)11-23(18-31)27(32)30-14-21-5-3-9-28-13-21/h3-10,12-13,15,22-23H,11,14,16-19H2,1-2H3,(H,30,32)/t22-,23+/m0/s1. The molecule has 2 atom stereocenters. The number of likely N-dealkylation sites (tertiary alicyclic amines) is 1. The molecule has 1 fully saturated rings. The van der Waals surface area contributed by atoms with Crippen molar-refractivity contribution in [3.05, 3.63) is 78.4 Å². The van der Waals surface area contributed by atoms with Crippen molar-refractivity contribution in [3.8, 4) is 17.2 Å². The molecule has 0 aliphatic carbocycles. The van der Waals surface area contributed by atoms with E-state index >= 15 is 0 Å². The number of carbonyl (C=O) groups excluding carboxylic acids is 1. The number of pyridine rings is 2. The summed E-state index contributed by atoms with van der Waals surface area (Å²) in [5.41, 5.74) is 2.08. The predicted molar refractivity (Wildman–Crippen MR) is 132 cm³/mol. The van der Waals surface area contributed by atoms with Crippen LogP contribution in [0.3, 0.4) is 0 Å².